The van der Waals surface area contributed by atoms with E-state index in [1.807, 2.05) is 0 Å². The van der Waals surface area contributed by atoms with E-state index in [-0.39, 0.29) is 18.2 Å². The minimum absolute atomic E-state index is 0.0543. The maximum Gasteiger partial charge on any atom is 0.613 e. The van der Waals surface area contributed by atoms with Gasteiger partial charge in [0, 0.05) is 7.05 Å². The molecule has 0 bridgehead atoms. The van der Waals surface area contributed by atoms with Crippen LogP contribution in [-0.2, 0) is 23.4 Å². The molecule has 1 unspecified atom stereocenters. The molecular formula is C17H26FN7O6P+. The van der Waals surface area contributed by atoms with Crippen molar-refractivity contribution in [2.45, 2.75) is 50.9 Å². The van der Waals surface area contributed by atoms with Gasteiger partial charge in [0.25, 0.3) is 0 Å². The van der Waals surface area contributed by atoms with Crippen molar-refractivity contribution in [3.63, 3.8) is 0 Å². The number of halogens is 1. The highest BCUT2D eigenvalue weighted by Crippen LogP contribution is 2.43. The SMILES string of the molecule is CCOC(=O)[C@@H](C)N[P+](=O)OC[C@H]1O[C@@H](n2cnc3c(NC)nc(N)nc32)[C@](C)(F)[C@@H]1O. The summed E-state index contributed by atoms with van der Waals surface area (Å²) in [6.45, 7) is 4.05. The lowest BCUT2D eigenvalue weighted by atomic mass is 9.98. The number of ether oxygens (including phenoxy) is 2. The number of nitrogen functional groups attached to an aromatic ring is 1. The van der Waals surface area contributed by atoms with Gasteiger partial charge in [-0.3, -0.25) is 9.36 Å². The van der Waals surface area contributed by atoms with Gasteiger partial charge in [0.15, 0.2) is 28.9 Å². The Morgan fingerprint density at radius 1 is 1.53 bits per heavy atom. The number of fused-ring (bicyclic) bond motifs is 1. The molecule has 0 aromatic carbocycles. The number of hydrogen-bond acceptors (Lipinski definition) is 11. The zero-order valence-corrected chi connectivity index (χ0v) is 18.9. The number of esters is 1. The second kappa shape index (κ2) is 9.55. The monoisotopic (exact) mass is 474 g/mol. The number of aliphatic hydroxyl groups excluding tert-OH is 1. The fourth-order valence-corrected chi connectivity index (χ4v) is 4.06. The molecule has 176 valence electrons. The van der Waals surface area contributed by atoms with Gasteiger partial charge in [-0.15, -0.1) is 4.52 Å². The van der Waals surface area contributed by atoms with Gasteiger partial charge in [0.05, 0.1) is 12.9 Å². The van der Waals surface area contributed by atoms with Gasteiger partial charge in [-0.05, 0) is 25.3 Å². The number of imidazole rings is 1. The second-order valence-corrected chi connectivity index (χ2v) is 8.31. The van der Waals surface area contributed by atoms with Crippen LogP contribution in [0.15, 0.2) is 6.33 Å². The number of nitrogens with two attached hydrogens (primary N) is 1. The van der Waals surface area contributed by atoms with Gasteiger partial charge in [-0.25, -0.2) is 9.37 Å². The van der Waals surface area contributed by atoms with Crippen molar-refractivity contribution in [2.24, 2.45) is 0 Å². The summed E-state index contributed by atoms with van der Waals surface area (Å²) < 4.78 is 44.6. The Balaban J connectivity index is 1.73. The molecular weight excluding hydrogens is 448 g/mol. The Hall–Kier alpha value is -2.51. The molecule has 15 heteroatoms. The van der Waals surface area contributed by atoms with Gasteiger partial charge in [-0.1, -0.05) is 5.09 Å². The average molecular weight is 474 g/mol. The van der Waals surface area contributed by atoms with Crippen LogP contribution in [0.25, 0.3) is 11.2 Å². The van der Waals surface area contributed by atoms with Crippen LogP contribution in [0.2, 0.25) is 0 Å². The average Bonchev–Trinajstić information content (AvgIpc) is 3.24. The van der Waals surface area contributed by atoms with Crippen LogP contribution in [0, 0.1) is 0 Å². The molecule has 1 aliphatic heterocycles. The minimum atomic E-state index is -2.51. The second-order valence-electron chi connectivity index (χ2n) is 7.28. The van der Waals surface area contributed by atoms with Gasteiger partial charge >= 0.3 is 14.1 Å². The third-order valence-electron chi connectivity index (χ3n) is 4.94. The molecule has 3 rings (SSSR count). The van der Waals surface area contributed by atoms with E-state index in [9.17, 15) is 14.5 Å². The topological polar surface area (TPSA) is 176 Å². The third kappa shape index (κ3) is 4.64. The van der Waals surface area contributed by atoms with E-state index in [0.717, 1.165) is 0 Å². The summed E-state index contributed by atoms with van der Waals surface area (Å²) in [6.07, 6.45) is -2.78. The highest BCUT2D eigenvalue weighted by Gasteiger charge is 2.56. The normalized spacial score (nSPS) is 26.8. The molecule has 1 aliphatic rings. The molecule has 0 radical (unpaired) electrons. The van der Waals surface area contributed by atoms with Crippen LogP contribution in [0.5, 0.6) is 0 Å². The van der Waals surface area contributed by atoms with E-state index < -0.39 is 50.9 Å². The first kappa shape index (κ1) is 24.1. The molecule has 0 aliphatic carbocycles. The number of nitrogens with one attached hydrogen (secondary N) is 2. The summed E-state index contributed by atoms with van der Waals surface area (Å²) in [4.78, 5) is 23.9. The maximum absolute atomic E-state index is 15.5. The van der Waals surface area contributed by atoms with Crippen LogP contribution in [0.3, 0.4) is 0 Å². The lowest BCUT2D eigenvalue weighted by molar-refractivity contribution is -0.144. The predicted molar refractivity (Wildman–Crippen MR) is 112 cm³/mol. The fraction of sp³-hybridized carbons (Fsp3) is 0.647. The largest absolute Gasteiger partial charge is 0.613 e. The standard InChI is InChI=1S/C17H26FN7O6P/c1-5-29-14(27)8(2)24-32(28)30-6-9-11(26)17(3,18)15(31-9)25-7-21-10-12(20-4)22-16(19)23-13(10)25/h7-9,11,15,26H,5-6H2,1-4H3,(H,24,28)(H3,19,20,22,23)/q+1/t8-,9-,11-,15-,17-/m1/s1. The predicted octanol–water partition coefficient (Wildman–Crippen LogP) is 0.652. The Morgan fingerprint density at radius 2 is 2.25 bits per heavy atom. The first-order valence-electron chi connectivity index (χ1n) is 9.83. The molecule has 6 atom stereocenters. The minimum Gasteiger partial charge on any atom is -0.465 e. The fourth-order valence-electron chi connectivity index (χ4n) is 3.29. The molecule has 5 N–H and O–H groups in total. The van der Waals surface area contributed by atoms with Gasteiger partial charge in [0.2, 0.25) is 5.95 Å². The first-order chi connectivity index (χ1) is 15.1. The molecule has 13 nitrogen and oxygen atoms in total. The molecule has 2 aromatic heterocycles. The molecule has 0 amide bonds. The molecule has 0 saturated carbocycles. The molecule has 3 heterocycles. The van der Waals surface area contributed by atoms with Crippen LogP contribution < -0.4 is 16.1 Å². The lowest BCUT2D eigenvalue weighted by Gasteiger charge is -2.24. The number of alkyl halides is 1. The van der Waals surface area contributed by atoms with Gasteiger partial charge in [0.1, 0.15) is 24.9 Å². The Kier molecular flexibility index (Phi) is 7.20. The van der Waals surface area contributed by atoms with Crippen LogP contribution in [-0.4, -0.2) is 74.8 Å². The quantitative estimate of drug-likeness (QED) is 0.295. The van der Waals surface area contributed by atoms with E-state index in [1.165, 1.54) is 24.7 Å². The van der Waals surface area contributed by atoms with Crippen molar-refractivity contribution in [3.05, 3.63) is 6.33 Å². The van der Waals surface area contributed by atoms with E-state index in [0.29, 0.717) is 11.3 Å². The van der Waals surface area contributed by atoms with Crippen LogP contribution in [0.1, 0.15) is 27.0 Å². The van der Waals surface area contributed by atoms with Gasteiger partial charge < -0.3 is 25.6 Å². The van der Waals surface area contributed by atoms with E-state index >= 15 is 4.39 Å². The van der Waals surface area contributed by atoms with Crippen molar-refractivity contribution in [3.8, 4) is 0 Å². The van der Waals surface area contributed by atoms with Crippen molar-refractivity contribution in [1.29, 1.82) is 0 Å². The first-order valence-corrected chi connectivity index (χ1v) is 11.0. The maximum atomic E-state index is 15.5. The highest BCUT2D eigenvalue weighted by atomic mass is 31.1. The van der Waals surface area contributed by atoms with Crippen molar-refractivity contribution in [1.82, 2.24) is 24.6 Å². The molecule has 32 heavy (non-hydrogen) atoms. The zero-order valence-electron chi connectivity index (χ0n) is 18.0. The van der Waals surface area contributed by atoms with Crippen molar-refractivity contribution in [2.75, 3.05) is 31.3 Å². The molecule has 0 spiro atoms. The van der Waals surface area contributed by atoms with Crippen LogP contribution >= 0.6 is 8.18 Å². The van der Waals surface area contributed by atoms with E-state index in [2.05, 4.69) is 25.4 Å². The molecule has 1 saturated heterocycles. The number of carbonyl (C=O) groups is 1. The van der Waals surface area contributed by atoms with Crippen molar-refractivity contribution >= 4 is 37.1 Å². The lowest BCUT2D eigenvalue weighted by Crippen LogP contribution is -2.40. The third-order valence-corrected chi connectivity index (χ3v) is 5.92. The number of aliphatic hydroxyl groups is 1. The van der Waals surface area contributed by atoms with Crippen LogP contribution in [0.4, 0.5) is 16.2 Å². The number of rotatable bonds is 9. The summed E-state index contributed by atoms with van der Waals surface area (Å²) in [5, 5.41) is 15.8. The van der Waals surface area contributed by atoms with E-state index in [4.69, 9.17) is 19.7 Å². The Bertz CT molecular complexity index is 1010. The molecule has 2 aromatic rings. The highest BCUT2D eigenvalue weighted by molar-refractivity contribution is 7.36. The number of hydrogen-bond donors (Lipinski definition) is 4. The smallest absolute Gasteiger partial charge is 0.465 e. The number of nitrogens with zero attached hydrogens (tertiary/aromatic N) is 4. The molecule has 1 fully saturated rings. The number of aromatic nitrogens is 4. The summed E-state index contributed by atoms with van der Waals surface area (Å²) in [7, 11) is -0.881. The summed E-state index contributed by atoms with van der Waals surface area (Å²) in [5.41, 5.74) is 4.02. The Morgan fingerprint density at radius 3 is 2.91 bits per heavy atom. The van der Waals surface area contributed by atoms with Gasteiger partial charge in [-0.2, -0.15) is 9.97 Å². The number of carbonyl (C=O) groups excluding carboxylic acids is 1. The zero-order chi connectivity index (χ0) is 23.6. The van der Waals surface area contributed by atoms with Crippen molar-refractivity contribution < 1.29 is 32.9 Å². The van der Waals surface area contributed by atoms with E-state index in [1.54, 1.807) is 14.0 Å². The summed E-state index contributed by atoms with van der Waals surface area (Å²) in [6, 6.07) is -0.879. The number of anilines is 2. The summed E-state index contributed by atoms with van der Waals surface area (Å²) >= 11 is 0. The Labute approximate surface area is 183 Å². The summed E-state index contributed by atoms with van der Waals surface area (Å²) in [5.74, 6) is -0.299.